The molecule has 1 heterocycles. The van der Waals surface area contributed by atoms with Crippen molar-refractivity contribution >= 4 is 35.0 Å². The fourth-order valence-electron chi connectivity index (χ4n) is 1.50. The lowest BCUT2D eigenvalue weighted by Crippen LogP contribution is -2.14. The van der Waals surface area contributed by atoms with Crippen molar-refractivity contribution in [1.29, 1.82) is 0 Å². The molecule has 2 aromatic rings. The highest BCUT2D eigenvalue weighted by atomic mass is 35.5. The molecule has 0 saturated heterocycles. The Balaban J connectivity index is 1.76. The van der Waals surface area contributed by atoms with Crippen LogP contribution in [0.15, 0.2) is 34.9 Å². The van der Waals surface area contributed by atoms with Crippen molar-refractivity contribution in [2.45, 2.75) is 12.7 Å². The maximum Gasteiger partial charge on any atom is 0.234 e. The van der Waals surface area contributed by atoms with Crippen LogP contribution in [0.25, 0.3) is 0 Å². The van der Waals surface area contributed by atoms with E-state index in [1.54, 1.807) is 24.3 Å². The molecular weight excluding hydrogens is 284 g/mol. The van der Waals surface area contributed by atoms with Gasteiger partial charge in [-0.05, 0) is 25.1 Å². The standard InChI is InChI=1S/C13H13ClN2O2S/c1-9-5-12(16-18-9)7-19-8-13(17)15-11-4-2-3-10(14)6-11/h2-6H,7-8H2,1H3,(H,15,17). The molecule has 0 aliphatic heterocycles. The minimum atomic E-state index is -0.0625. The third-order valence-electron chi connectivity index (χ3n) is 2.27. The zero-order chi connectivity index (χ0) is 13.7. The van der Waals surface area contributed by atoms with E-state index in [2.05, 4.69) is 10.5 Å². The molecule has 19 heavy (non-hydrogen) atoms. The number of anilines is 1. The number of halogens is 1. The van der Waals surface area contributed by atoms with Gasteiger partial charge in [0, 0.05) is 22.5 Å². The molecule has 6 heteroatoms. The Morgan fingerprint density at radius 1 is 1.47 bits per heavy atom. The average Bonchev–Trinajstić information content (AvgIpc) is 2.75. The molecular formula is C13H13ClN2O2S. The summed E-state index contributed by atoms with van der Waals surface area (Å²) in [5, 5.41) is 7.25. The third-order valence-corrected chi connectivity index (χ3v) is 3.47. The summed E-state index contributed by atoms with van der Waals surface area (Å²) in [5.74, 6) is 1.73. The predicted molar refractivity (Wildman–Crippen MR) is 77.5 cm³/mol. The zero-order valence-electron chi connectivity index (χ0n) is 10.4. The summed E-state index contributed by atoms with van der Waals surface area (Å²) in [6, 6.07) is 8.94. The van der Waals surface area contributed by atoms with Crippen LogP contribution < -0.4 is 5.32 Å². The van der Waals surface area contributed by atoms with Gasteiger partial charge in [0.1, 0.15) is 5.76 Å². The van der Waals surface area contributed by atoms with E-state index in [-0.39, 0.29) is 5.91 Å². The molecule has 1 aromatic heterocycles. The van der Waals surface area contributed by atoms with Gasteiger partial charge in [-0.25, -0.2) is 0 Å². The van der Waals surface area contributed by atoms with Gasteiger partial charge in [-0.3, -0.25) is 4.79 Å². The second-order valence-corrected chi connectivity index (χ2v) is 5.40. The van der Waals surface area contributed by atoms with Gasteiger partial charge in [0.2, 0.25) is 5.91 Å². The van der Waals surface area contributed by atoms with E-state index in [1.165, 1.54) is 11.8 Å². The average molecular weight is 297 g/mol. The number of aryl methyl sites for hydroxylation is 1. The van der Waals surface area contributed by atoms with Crippen LogP contribution in [0.2, 0.25) is 5.02 Å². The lowest BCUT2D eigenvalue weighted by atomic mass is 10.3. The SMILES string of the molecule is Cc1cc(CSCC(=O)Nc2cccc(Cl)c2)no1. The Labute approximate surface area is 120 Å². The van der Waals surface area contributed by atoms with Gasteiger partial charge in [0.05, 0.1) is 11.4 Å². The summed E-state index contributed by atoms with van der Waals surface area (Å²) in [4.78, 5) is 11.7. The van der Waals surface area contributed by atoms with E-state index < -0.39 is 0 Å². The minimum Gasteiger partial charge on any atom is -0.361 e. The van der Waals surface area contributed by atoms with Gasteiger partial charge in [-0.1, -0.05) is 22.8 Å². The number of nitrogens with one attached hydrogen (secondary N) is 1. The van der Waals surface area contributed by atoms with Gasteiger partial charge in [-0.15, -0.1) is 11.8 Å². The number of carbonyl (C=O) groups is 1. The van der Waals surface area contributed by atoms with E-state index in [9.17, 15) is 4.79 Å². The Morgan fingerprint density at radius 2 is 2.32 bits per heavy atom. The summed E-state index contributed by atoms with van der Waals surface area (Å²) in [6.07, 6.45) is 0. The van der Waals surface area contributed by atoms with Crippen LogP contribution in [0.3, 0.4) is 0 Å². The quantitative estimate of drug-likeness (QED) is 0.917. The maximum absolute atomic E-state index is 11.7. The number of thioether (sulfide) groups is 1. The monoisotopic (exact) mass is 296 g/mol. The third kappa shape index (κ3) is 4.61. The van der Waals surface area contributed by atoms with Crippen LogP contribution in [-0.2, 0) is 10.5 Å². The van der Waals surface area contributed by atoms with E-state index in [1.807, 2.05) is 13.0 Å². The number of carbonyl (C=O) groups excluding carboxylic acids is 1. The summed E-state index contributed by atoms with van der Waals surface area (Å²) < 4.78 is 4.95. The van der Waals surface area contributed by atoms with Crippen molar-refractivity contribution in [3.05, 3.63) is 46.8 Å². The Hall–Kier alpha value is -1.46. The molecule has 0 aliphatic rings. The Kier molecular flexibility index (Phi) is 4.87. The second kappa shape index (κ2) is 6.63. The van der Waals surface area contributed by atoms with E-state index >= 15 is 0 Å². The predicted octanol–water partition coefficient (Wildman–Crippen LogP) is 3.51. The first kappa shape index (κ1) is 14.0. The molecule has 0 unspecified atom stereocenters. The Morgan fingerprint density at radius 3 is 3.00 bits per heavy atom. The molecule has 0 atom stereocenters. The molecule has 0 aliphatic carbocycles. The van der Waals surface area contributed by atoms with Crippen LogP contribution in [0.4, 0.5) is 5.69 Å². The van der Waals surface area contributed by atoms with Crippen molar-refractivity contribution in [2.75, 3.05) is 11.1 Å². The second-order valence-electron chi connectivity index (χ2n) is 3.98. The highest BCUT2D eigenvalue weighted by Crippen LogP contribution is 2.16. The van der Waals surface area contributed by atoms with Gasteiger partial charge in [0.15, 0.2) is 0 Å². The highest BCUT2D eigenvalue weighted by Gasteiger charge is 2.05. The van der Waals surface area contributed by atoms with Gasteiger partial charge < -0.3 is 9.84 Å². The van der Waals surface area contributed by atoms with Crippen molar-refractivity contribution in [3.63, 3.8) is 0 Å². The molecule has 4 nitrogen and oxygen atoms in total. The highest BCUT2D eigenvalue weighted by molar-refractivity contribution is 7.99. The normalized spacial score (nSPS) is 10.4. The molecule has 1 N–H and O–H groups in total. The fraction of sp³-hybridized carbons (Fsp3) is 0.231. The molecule has 0 spiro atoms. The van der Waals surface area contributed by atoms with Crippen LogP contribution in [0.1, 0.15) is 11.5 Å². The molecule has 0 saturated carbocycles. The van der Waals surface area contributed by atoms with Crippen LogP contribution in [0.5, 0.6) is 0 Å². The molecule has 0 fully saturated rings. The van der Waals surface area contributed by atoms with E-state index in [4.69, 9.17) is 16.1 Å². The van der Waals surface area contributed by atoms with Crippen LogP contribution in [0, 0.1) is 6.92 Å². The molecule has 100 valence electrons. The number of hydrogen-bond donors (Lipinski definition) is 1. The van der Waals surface area contributed by atoms with Gasteiger partial charge in [0.25, 0.3) is 0 Å². The summed E-state index contributed by atoms with van der Waals surface area (Å²) >= 11 is 7.32. The number of nitrogens with zero attached hydrogens (tertiary/aromatic N) is 1. The Bertz CT molecular complexity index is 571. The van der Waals surface area contributed by atoms with Gasteiger partial charge in [-0.2, -0.15) is 0 Å². The molecule has 2 rings (SSSR count). The van der Waals surface area contributed by atoms with Crippen molar-refractivity contribution in [3.8, 4) is 0 Å². The van der Waals surface area contributed by atoms with E-state index in [0.717, 1.165) is 11.5 Å². The first-order chi connectivity index (χ1) is 9.13. The van der Waals surface area contributed by atoms with Crippen molar-refractivity contribution in [2.24, 2.45) is 0 Å². The lowest BCUT2D eigenvalue weighted by molar-refractivity contribution is -0.113. The van der Waals surface area contributed by atoms with Crippen molar-refractivity contribution in [1.82, 2.24) is 5.16 Å². The lowest BCUT2D eigenvalue weighted by Gasteiger charge is -2.04. The number of hydrogen-bond acceptors (Lipinski definition) is 4. The van der Waals surface area contributed by atoms with E-state index in [0.29, 0.717) is 22.2 Å². The molecule has 0 radical (unpaired) electrons. The maximum atomic E-state index is 11.7. The van der Waals surface area contributed by atoms with Crippen LogP contribution in [-0.4, -0.2) is 16.8 Å². The first-order valence-electron chi connectivity index (χ1n) is 5.69. The van der Waals surface area contributed by atoms with Crippen molar-refractivity contribution < 1.29 is 9.32 Å². The summed E-state index contributed by atoms with van der Waals surface area (Å²) in [7, 11) is 0. The molecule has 0 bridgehead atoms. The minimum absolute atomic E-state index is 0.0625. The number of benzene rings is 1. The van der Waals surface area contributed by atoms with Gasteiger partial charge >= 0.3 is 0 Å². The zero-order valence-corrected chi connectivity index (χ0v) is 11.9. The fourth-order valence-corrected chi connectivity index (χ4v) is 2.39. The smallest absolute Gasteiger partial charge is 0.234 e. The topological polar surface area (TPSA) is 55.1 Å². The number of aromatic nitrogens is 1. The number of amides is 1. The summed E-state index contributed by atoms with van der Waals surface area (Å²) in [5.41, 5.74) is 1.55. The largest absolute Gasteiger partial charge is 0.361 e. The molecule has 1 amide bonds. The molecule has 1 aromatic carbocycles. The van der Waals surface area contributed by atoms with Crippen LogP contribution >= 0.6 is 23.4 Å². The summed E-state index contributed by atoms with van der Waals surface area (Å²) in [6.45, 7) is 1.84. The first-order valence-corrected chi connectivity index (χ1v) is 7.22. The number of rotatable bonds is 5.